The lowest BCUT2D eigenvalue weighted by atomic mass is 9.97. The van der Waals surface area contributed by atoms with Crippen molar-refractivity contribution in [2.75, 3.05) is 33.0 Å². The van der Waals surface area contributed by atoms with E-state index in [0.717, 1.165) is 5.69 Å². The van der Waals surface area contributed by atoms with Crippen LogP contribution in [0.2, 0.25) is 0 Å². The third kappa shape index (κ3) is 5.05. The number of sulfonamides is 1. The first-order valence-corrected chi connectivity index (χ1v) is 10.1. The van der Waals surface area contributed by atoms with Crippen molar-refractivity contribution in [2.45, 2.75) is 26.3 Å². The summed E-state index contributed by atoms with van der Waals surface area (Å²) in [6.45, 7) is 3.27. The molecule has 25 heavy (non-hydrogen) atoms. The predicted octanol–water partition coefficient (Wildman–Crippen LogP) is -0.0469. The molecule has 0 saturated carbocycles. The van der Waals surface area contributed by atoms with E-state index in [2.05, 4.69) is 5.32 Å². The molecule has 1 N–H and O–H groups in total. The van der Waals surface area contributed by atoms with Crippen LogP contribution in [0.5, 0.6) is 5.75 Å². The largest absolute Gasteiger partial charge is 0.496 e. The minimum Gasteiger partial charge on any atom is -0.496 e. The minimum absolute atomic E-state index is 0.0904. The maximum atomic E-state index is 12.2. The summed E-state index contributed by atoms with van der Waals surface area (Å²) >= 11 is 0. The van der Waals surface area contributed by atoms with Gasteiger partial charge in [0.2, 0.25) is 15.9 Å². The first-order chi connectivity index (χ1) is 11.7. The van der Waals surface area contributed by atoms with Gasteiger partial charge in [-0.2, -0.15) is 0 Å². The first kappa shape index (κ1) is 19.5. The molecule has 1 aliphatic heterocycles. The summed E-state index contributed by atoms with van der Waals surface area (Å²) in [6.07, 6.45) is 2.21. The molecule has 1 amide bonds. The summed E-state index contributed by atoms with van der Waals surface area (Å²) in [5, 5.41) is 2.84. The van der Waals surface area contributed by atoms with Crippen molar-refractivity contribution >= 4 is 15.9 Å². The van der Waals surface area contributed by atoms with Crippen molar-refractivity contribution in [2.24, 2.45) is 5.92 Å². The van der Waals surface area contributed by atoms with E-state index in [-0.39, 0.29) is 17.4 Å². The number of aromatic nitrogens is 1. The molecule has 1 fully saturated rings. The molecule has 140 valence electrons. The highest BCUT2D eigenvalue weighted by Gasteiger charge is 2.28. The number of nitrogens with zero attached hydrogens (tertiary/aromatic N) is 2. The number of carbonyl (C=O) groups is 1. The van der Waals surface area contributed by atoms with Crippen molar-refractivity contribution in [1.82, 2.24) is 14.2 Å². The summed E-state index contributed by atoms with van der Waals surface area (Å²) in [5.41, 5.74) is 0.590. The lowest BCUT2D eigenvalue weighted by molar-refractivity contribution is -0.126. The van der Waals surface area contributed by atoms with Crippen LogP contribution in [0.25, 0.3) is 0 Å². The van der Waals surface area contributed by atoms with E-state index in [1.807, 2.05) is 6.92 Å². The molecule has 1 aliphatic rings. The highest BCUT2D eigenvalue weighted by atomic mass is 32.2. The van der Waals surface area contributed by atoms with Crippen LogP contribution in [0, 0.1) is 12.8 Å². The number of amides is 1. The predicted molar refractivity (Wildman–Crippen MR) is 94.1 cm³/mol. The molecule has 0 radical (unpaired) electrons. The van der Waals surface area contributed by atoms with E-state index in [9.17, 15) is 18.0 Å². The van der Waals surface area contributed by atoms with Gasteiger partial charge in [0.15, 0.2) is 0 Å². The van der Waals surface area contributed by atoms with Crippen LogP contribution in [0.1, 0.15) is 18.5 Å². The second kappa shape index (κ2) is 8.01. The molecule has 0 aliphatic carbocycles. The van der Waals surface area contributed by atoms with Gasteiger partial charge in [0.05, 0.1) is 13.4 Å². The number of rotatable bonds is 6. The van der Waals surface area contributed by atoms with Gasteiger partial charge in [-0.05, 0) is 25.8 Å². The monoisotopic (exact) mass is 371 g/mol. The lowest BCUT2D eigenvalue weighted by Gasteiger charge is -2.29. The fraction of sp³-hybridized carbons (Fsp3) is 0.625. The van der Waals surface area contributed by atoms with E-state index < -0.39 is 10.0 Å². The Bertz CT molecular complexity index is 779. The number of pyridine rings is 1. The number of methoxy groups -OCH3 is 1. The van der Waals surface area contributed by atoms with E-state index in [0.29, 0.717) is 44.8 Å². The van der Waals surface area contributed by atoms with Crippen LogP contribution in [-0.4, -0.2) is 56.2 Å². The van der Waals surface area contributed by atoms with Gasteiger partial charge in [0.25, 0.3) is 5.56 Å². The molecule has 8 nitrogen and oxygen atoms in total. The van der Waals surface area contributed by atoms with E-state index >= 15 is 0 Å². The van der Waals surface area contributed by atoms with Gasteiger partial charge < -0.3 is 14.6 Å². The van der Waals surface area contributed by atoms with E-state index in [1.165, 1.54) is 23.7 Å². The molecule has 0 unspecified atom stereocenters. The Morgan fingerprint density at radius 3 is 2.48 bits per heavy atom. The van der Waals surface area contributed by atoms with Gasteiger partial charge in [0.1, 0.15) is 5.75 Å². The summed E-state index contributed by atoms with van der Waals surface area (Å²) in [7, 11) is -1.68. The fourth-order valence-electron chi connectivity index (χ4n) is 2.99. The highest BCUT2D eigenvalue weighted by Crippen LogP contribution is 2.19. The Balaban J connectivity index is 1.85. The van der Waals surface area contributed by atoms with Gasteiger partial charge in [-0.25, -0.2) is 12.7 Å². The molecule has 9 heteroatoms. The molecular formula is C16H25N3O5S. The third-order valence-corrected chi connectivity index (χ3v) is 5.78. The van der Waals surface area contributed by atoms with E-state index in [1.54, 1.807) is 10.6 Å². The van der Waals surface area contributed by atoms with E-state index in [4.69, 9.17) is 4.74 Å². The van der Waals surface area contributed by atoms with Gasteiger partial charge in [-0.15, -0.1) is 0 Å². The second-order valence-corrected chi connectivity index (χ2v) is 8.24. The van der Waals surface area contributed by atoms with Crippen LogP contribution in [0.3, 0.4) is 0 Å². The summed E-state index contributed by atoms with van der Waals surface area (Å²) in [6, 6.07) is 3.18. The molecule has 2 rings (SSSR count). The Kier molecular flexibility index (Phi) is 6.23. The highest BCUT2D eigenvalue weighted by molar-refractivity contribution is 7.88. The maximum absolute atomic E-state index is 12.2. The van der Waals surface area contributed by atoms with Crippen LogP contribution in [-0.2, 0) is 21.4 Å². The zero-order chi connectivity index (χ0) is 18.6. The lowest BCUT2D eigenvalue weighted by Crippen LogP contribution is -2.43. The molecule has 0 bridgehead atoms. The van der Waals surface area contributed by atoms with Crippen LogP contribution >= 0.6 is 0 Å². The smallest absolute Gasteiger partial charge is 0.254 e. The molecular weight excluding hydrogens is 346 g/mol. The zero-order valence-electron chi connectivity index (χ0n) is 14.8. The summed E-state index contributed by atoms with van der Waals surface area (Å²) < 4.78 is 31.0. The molecule has 1 aromatic rings. The average molecular weight is 371 g/mol. The Morgan fingerprint density at radius 2 is 1.96 bits per heavy atom. The molecule has 0 spiro atoms. The van der Waals surface area contributed by atoms with Crippen LogP contribution in [0.4, 0.5) is 0 Å². The summed E-state index contributed by atoms with van der Waals surface area (Å²) in [4.78, 5) is 24.3. The Labute approximate surface area is 147 Å². The fourth-order valence-corrected chi connectivity index (χ4v) is 3.86. The van der Waals surface area contributed by atoms with Crippen molar-refractivity contribution in [3.05, 3.63) is 28.2 Å². The van der Waals surface area contributed by atoms with Gasteiger partial charge in [-0.1, -0.05) is 0 Å². The van der Waals surface area contributed by atoms with Crippen LogP contribution < -0.4 is 15.6 Å². The maximum Gasteiger partial charge on any atom is 0.254 e. The van der Waals surface area contributed by atoms with Gasteiger partial charge in [0, 0.05) is 43.9 Å². The molecule has 0 aromatic carbocycles. The van der Waals surface area contributed by atoms with Crippen LogP contribution in [0.15, 0.2) is 16.9 Å². The molecule has 0 atom stereocenters. The quantitative estimate of drug-likeness (QED) is 0.756. The number of nitrogens with one attached hydrogen (secondary N) is 1. The normalized spacial score (nSPS) is 16.6. The standard InChI is InChI=1S/C16H25N3O5S/c1-12-10-14(24-2)11-15(20)19(12)9-6-17-16(21)13-4-7-18(8-5-13)25(3,22)23/h10-11,13H,4-9H2,1-3H3,(H,17,21). The van der Waals surface area contributed by atoms with Crippen molar-refractivity contribution in [3.63, 3.8) is 0 Å². The van der Waals surface area contributed by atoms with Gasteiger partial charge in [-0.3, -0.25) is 9.59 Å². The number of hydrogen-bond acceptors (Lipinski definition) is 5. The summed E-state index contributed by atoms with van der Waals surface area (Å²) in [5.74, 6) is 0.236. The van der Waals surface area contributed by atoms with Crippen molar-refractivity contribution in [1.29, 1.82) is 0 Å². The minimum atomic E-state index is -3.19. The third-order valence-electron chi connectivity index (χ3n) is 4.47. The second-order valence-electron chi connectivity index (χ2n) is 6.25. The zero-order valence-corrected chi connectivity index (χ0v) is 15.6. The molecule has 2 heterocycles. The SMILES string of the molecule is COc1cc(C)n(CCNC(=O)C2CCN(S(C)(=O)=O)CC2)c(=O)c1. The molecule has 1 saturated heterocycles. The Hall–Kier alpha value is -1.87. The topological polar surface area (TPSA) is 97.7 Å². The van der Waals surface area contributed by atoms with Gasteiger partial charge >= 0.3 is 0 Å². The van der Waals surface area contributed by atoms with Crippen molar-refractivity contribution < 1.29 is 17.9 Å². The number of carbonyl (C=O) groups excluding carboxylic acids is 1. The van der Waals surface area contributed by atoms with Crippen molar-refractivity contribution in [3.8, 4) is 5.75 Å². The average Bonchev–Trinajstić information content (AvgIpc) is 2.56. The number of hydrogen-bond donors (Lipinski definition) is 1. The number of ether oxygens (including phenoxy) is 1. The number of aryl methyl sites for hydroxylation is 1. The number of piperidine rings is 1. The Morgan fingerprint density at radius 1 is 1.32 bits per heavy atom. The first-order valence-electron chi connectivity index (χ1n) is 8.20. The molecule has 1 aromatic heterocycles.